The van der Waals surface area contributed by atoms with Crippen LogP contribution in [0.1, 0.15) is 17.8 Å². The maximum absolute atomic E-state index is 9.63. The van der Waals surface area contributed by atoms with Crippen LogP contribution in [0.5, 0.6) is 0 Å². The van der Waals surface area contributed by atoms with Gasteiger partial charge >= 0.3 is 0 Å². The molecule has 1 nitrogen and oxygen atoms in total. The lowest BCUT2D eigenvalue weighted by molar-refractivity contribution is 1.28. The maximum Gasteiger partial charge on any atom is 0.0645 e. The monoisotopic (exact) mass is 788 g/mol. The van der Waals surface area contributed by atoms with Crippen molar-refractivity contribution in [2.75, 3.05) is 4.90 Å². The fourth-order valence-corrected chi connectivity index (χ4v) is 8.27. The van der Waals surface area contributed by atoms with Gasteiger partial charge in [-0.15, -0.1) is 0 Å². The summed E-state index contributed by atoms with van der Waals surface area (Å²) < 4.78 is 118. The summed E-state index contributed by atoms with van der Waals surface area (Å²) in [7, 11) is 0. The molecule has 1 heteroatoms. The molecule has 11 aromatic carbocycles. The summed E-state index contributed by atoms with van der Waals surface area (Å²) in [5.41, 5.74) is 4.66. The normalized spacial score (nSPS) is 14.3. The first-order chi connectivity index (χ1) is 35.7. The number of hydrogen-bond acceptors (Lipinski definition) is 1. The molecule has 0 bridgehead atoms. The number of fused-ring (bicyclic) bond motifs is 4. The summed E-state index contributed by atoms with van der Waals surface area (Å²) in [4.78, 5) is 1.19. The first-order valence-corrected chi connectivity index (χ1v) is 20.0. The molecule has 0 saturated heterocycles. The van der Waals surface area contributed by atoms with Crippen molar-refractivity contribution in [3.05, 3.63) is 248 Å². The summed E-state index contributed by atoms with van der Waals surface area (Å²) in [5, 5.41) is 5.78. The largest absolute Gasteiger partial charge is 0.311 e. The Morgan fingerprint density at radius 3 is 1.46 bits per heavy atom. The predicted molar refractivity (Wildman–Crippen MR) is 261 cm³/mol. The van der Waals surface area contributed by atoms with E-state index in [-0.39, 0.29) is 16.9 Å². The second kappa shape index (κ2) is 15.6. The quantitative estimate of drug-likeness (QED) is 0.139. The van der Waals surface area contributed by atoms with Gasteiger partial charge in [0.15, 0.2) is 0 Å². The van der Waals surface area contributed by atoms with Crippen molar-refractivity contribution in [3.63, 3.8) is 0 Å². The third-order valence-corrected chi connectivity index (χ3v) is 11.1. The summed E-state index contributed by atoms with van der Waals surface area (Å²) in [6.45, 7) is 0. The molecule has 0 N–H and O–H groups in total. The average Bonchev–Trinajstić information content (AvgIpc) is 3.44. The zero-order valence-corrected chi connectivity index (χ0v) is 32.6. The molecule has 0 aromatic heterocycles. The molecule has 11 rings (SSSR count). The van der Waals surface area contributed by atoms with E-state index in [2.05, 4.69) is 54.6 Å². The highest BCUT2D eigenvalue weighted by Gasteiger charge is 2.19. The third kappa shape index (κ3) is 6.73. The van der Waals surface area contributed by atoms with Crippen molar-refractivity contribution in [1.82, 2.24) is 0 Å². The Labute approximate surface area is 375 Å². The van der Waals surface area contributed by atoms with Crippen molar-refractivity contribution >= 4 is 49.4 Å². The van der Waals surface area contributed by atoms with Gasteiger partial charge in [0.25, 0.3) is 0 Å². The minimum Gasteiger partial charge on any atom is -0.311 e. The Kier molecular flexibility index (Phi) is 6.36. The lowest BCUT2D eigenvalue weighted by Gasteiger charge is -2.26. The van der Waals surface area contributed by atoms with Crippen molar-refractivity contribution in [2.45, 2.75) is 0 Å². The molecule has 61 heavy (non-hydrogen) atoms. The van der Waals surface area contributed by atoms with Gasteiger partial charge in [0, 0.05) is 17.1 Å². The standard InChI is InChI=1S/C60H41N/c1-4-15-42(16-5-1)43-27-34-50(35-28-43)61(52-38-31-46(32-39-52)54-26-14-22-45-17-10-11-23-53(45)54)51-36-29-44(30-37-51)49-33-40-56-55-24-12-13-25-57(55)59(47-18-6-2-7-19-47)60(58(56)41-49)48-20-8-3-9-21-48/h1-41H/i1D,4D,5D,15D,16D,27D,28D,31D,32D,34D,35D,38D,39D. The predicted octanol–water partition coefficient (Wildman–Crippen LogP) is 17.0. The Morgan fingerprint density at radius 2 is 0.787 bits per heavy atom. The minimum absolute atomic E-state index is 0.0290. The first-order valence-electron chi connectivity index (χ1n) is 26.5. The zero-order chi connectivity index (χ0) is 51.9. The SMILES string of the molecule is [2H]c1c([2H])c([2H])c(-c2c([2H])c([2H])c(N(c3ccc(-c4ccc5c(c4)c(-c4ccccc4)c(-c4ccccc4)c4ccccc45)cc3)c3c([2H])c([2H])c(-c4cccc5ccccc45)c([2H])c3[2H])c([2H])c2[2H])c([2H])c1[2H]. The number of rotatable bonds is 8. The number of benzene rings is 11. The van der Waals surface area contributed by atoms with Crippen LogP contribution in [0.4, 0.5) is 17.1 Å². The number of nitrogens with zero attached hydrogens (tertiary/aromatic N) is 1. The molecule has 0 fully saturated rings. The first kappa shape index (κ1) is 24.8. The highest BCUT2D eigenvalue weighted by molar-refractivity contribution is 6.22. The molecule has 0 aliphatic heterocycles. The van der Waals surface area contributed by atoms with E-state index in [9.17, 15) is 11.0 Å². The van der Waals surface area contributed by atoms with Crippen LogP contribution in [-0.2, 0) is 0 Å². The third-order valence-electron chi connectivity index (χ3n) is 11.1. The van der Waals surface area contributed by atoms with Crippen molar-refractivity contribution in [1.29, 1.82) is 0 Å². The number of anilines is 3. The summed E-state index contributed by atoms with van der Waals surface area (Å²) in [6, 6.07) is 46.6. The van der Waals surface area contributed by atoms with Crippen LogP contribution in [0.25, 0.3) is 88.0 Å². The van der Waals surface area contributed by atoms with Gasteiger partial charge in [-0.2, -0.15) is 0 Å². The Balaban J connectivity index is 1.14. The topological polar surface area (TPSA) is 3.24 Å². The van der Waals surface area contributed by atoms with Gasteiger partial charge in [0.1, 0.15) is 0 Å². The summed E-state index contributed by atoms with van der Waals surface area (Å²) >= 11 is 0. The van der Waals surface area contributed by atoms with Gasteiger partial charge in [0.2, 0.25) is 0 Å². The van der Waals surface area contributed by atoms with Crippen LogP contribution >= 0.6 is 0 Å². The Bertz CT molecular complexity index is 4010. The van der Waals surface area contributed by atoms with E-state index >= 15 is 0 Å². The lowest BCUT2D eigenvalue weighted by atomic mass is 9.84. The molecule has 286 valence electrons. The molecule has 0 radical (unpaired) electrons. The molecule has 0 saturated carbocycles. The van der Waals surface area contributed by atoms with Crippen LogP contribution < -0.4 is 4.90 Å². The zero-order valence-electron chi connectivity index (χ0n) is 45.6. The van der Waals surface area contributed by atoms with Crippen LogP contribution in [0, 0.1) is 0 Å². The van der Waals surface area contributed by atoms with Gasteiger partial charge in [-0.3, -0.25) is 0 Å². The highest BCUT2D eigenvalue weighted by Crippen LogP contribution is 2.46. The van der Waals surface area contributed by atoms with Crippen LogP contribution in [0.2, 0.25) is 0 Å². The Morgan fingerprint density at radius 1 is 0.279 bits per heavy atom. The van der Waals surface area contributed by atoms with Gasteiger partial charge < -0.3 is 4.90 Å². The number of hydrogen-bond donors (Lipinski definition) is 0. The summed E-state index contributed by atoms with van der Waals surface area (Å²) in [5.74, 6) is 0. The van der Waals surface area contributed by atoms with E-state index in [1.165, 1.54) is 4.90 Å². The van der Waals surface area contributed by atoms with Crippen molar-refractivity contribution in [3.8, 4) is 55.6 Å². The van der Waals surface area contributed by atoms with Gasteiger partial charge in [0.05, 0.1) is 17.8 Å². The summed E-state index contributed by atoms with van der Waals surface area (Å²) in [6.07, 6.45) is 0. The van der Waals surface area contributed by atoms with Gasteiger partial charge in [-0.05, 0) is 130 Å². The van der Waals surface area contributed by atoms with E-state index in [0.29, 0.717) is 10.9 Å². The average molecular weight is 789 g/mol. The molecule has 0 aliphatic carbocycles. The van der Waals surface area contributed by atoms with E-state index < -0.39 is 95.4 Å². The molecule has 11 aromatic rings. The fourth-order valence-electron chi connectivity index (χ4n) is 8.27. The molecule has 0 amide bonds. The molecule has 0 unspecified atom stereocenters. The van der Waals surface area contributed by atoms with E-state index in [1.807, 2.05) is 91.0 Å². The van der Waals surface area contributed by atoms with Crippen molar-refractivity contribution < 1.29 is 17.8 Å². The molecular weight excluding hydrogens is 735 g/mol. The van der Waals surface area contributed by atoms with E-state index in [1.54, 1.807) is 24.3 Å². The molecule has 0 aliphatic rings. The smallest absolute Gasteiger partial charge is 0.0645 e. The fraction of sp³-hybridized carbons (Fsp3) is 0. The molecule has 0 heterocycles. The molecular formula is C60H41N. The van der Waals surface area contributed by atoms with Crippen molar-refractivity contribution in [2.24, 2.45) is 0 Å². The lowest BCUT2D eigenvalue weighted by Crippen LogP contribution is -2.09. The molecule has 0 spiro atoms. The van der Waals surface area contributed by atoms with Crippen LogP contribution in [0.15, 0.2) is 248 Å². The Hall–Kier alpha value is -8.00. The minimum atomic E-state index is -0.739. The van der Waals surface area contributed by atoms with Crippen LogP contribution in [-0.4, -0.2) is 0 Å². The van der Waals surface area contributed by atoms with Crippen LogP contribution in [0.3, 0.4) is 0 Å². The second-order valence-corrected chi connectivity index (χ2v) is 14.6. The van der Waals surface area contributed by atoms with E-state index in [4.69, 9.17) is 6.85 Å². The van der Waals surface area contributed by atoms with E-state index in [0.717, 1.165) is 60.3 Å². The van der Waals surface area contributed by atoms with Gasteiger partial charge in [-0.25, -0.2) is 0 Å². The second-order valence-electron chi connectivity index (χ2n) is 14.6. The highest BCUT2D eigenvalue weighted by atomic mass is 15.1. The van der Waals surface area contributed by atoms with Gasteiger partial charge in [-0.1, -0.05) is 206 Å². The maximum atomic E-state index is 9.63. The molecule has 0 atom stereocenters.